The van der Waals surface area contributed by atoms with Gasteiger partial charge in [0, 0.05) is 17.3 Å². The van der Waals surface area contributed by atoms with E-state index in [1.165, 1.54) is 10.5 Å². The maximum Gasteiger partial charge on any atom is 0.166 e. The molecule has 0 spiro atoms. The maximum atomic E-state index is 10.4. The molecule has 1 aliphatic rings. The summed E-state index contributed by atoms with van der Waals surface area (Å²) in [5.41, 5.74) is 1.96. The van der Waals surface area contributed by atoms with Crippen LogP contribution in [0.4, 0.5) is 0 Å². The Morgan fingerprint density at radius 3 is 2.59 bits per heavy atom. The number of para-hydroxylation sites is 1. The first kappa shape index (κ1) is 19.4. The zero-order valence-corrected chi connectivity index (χ0v) is 16.1. The smallest absolute Gasteiger partial charge is 0.166 e. The van der Waals surface area contributed by atoms with Crippen molar-refractivity contribution in [3.8, 4) is 11.5 Å². The summed E-state index contributed by atoms with van der Waals surface area (Å²) >= 11 is 0. The number of ether oxygens (including phenoxy) is 2. The molecule has 27 heavy (non-hydrogen) atoms. The number of hydrogen-bond acceptors (Lipinski definition) is 4. The van der Waals surface area contributed by atoms with Gasteiger partial charge in [0.15, 0.2) is 11.5 Å². The Morgan fingerprint density at radius 2 is 1.89 bits per heavy atom. The lowest BCUT2D eigenvalue weighted by atomic mass is 9.98. The monoisotopic (exact) mass is 369 g/mol. The van der Waals surface area contributed by atoms with E-state index in [2.05, 4.69) is 31.2 Å². The molecule has 0 amide bonds. The van der Waals surface area contributed by atoms with Crippen molar-refractivity contribution in [2.75, 3.05) is 32.9 Å². The second kappa shape index (κ2) is 9.53. The second-order valence-electron chi connectivity index (χ2n) is 6.80. The van der Waals surface area contributed by atoms with Gasteiger partial charge >= 0.3 is 0 Å². The number of aromatic hydroxyl groups is 1. The Bertz CT molecular complexity index is 742. The third-order valence-electron chi connectivity index (χ3n) is 4.99. The van der Waals surface area contributed by atoms with E-state index in [0.717, 1.165) is 26.3 Å². The summed E-state index contributed by atoms with van der Waals surface area (Å²) in [6.07, 6.45) is 1.76. The molecule has 144 valence electrons. The van der Waals surface area contributed by atoms with Gasteiger partial charge in [-0.1, -0.05) is 36.4 Å². The van der Waals surface area contributed by atoms with Gasteiger partial charge in [0.1, 0.15) is 25.2 Å². The molecule has 1 saturated heterocycles. The largest absolute Gasteiger partial charge is 0.504 e. The van der Waals surface area contributed by atoms with Gasteiger partial charge in [-0.25, -0.2) is 0 Å². The highest BCUT2D eigenvalue weighted by Gasteiger charge is 2.30. The molecule has 2 atom stereocenters. The van der Waals surface area contributed by atoms with Gasteiger partial charge in [-0.3, -0.25) is 4.99 Å². The molecular weight excluding hydrogens is 340 g/mol. The van der Waals surface area contributed by atoms with Crippen molar-refractivity contribution in [1.82, 2.24) is 0 Å². The number of nitrogens with one attached hydrogen (secondary N) is 1. The Kier molecular flexibility index (Phi) is 6.85. The van der Waals surface area contributed by atoms with E-state index in [-0.39, 0.29) is 17.8 Å². The van der Waals surface area contributed by atoms with Gasteiger partial charge in [0.2, 0.25) is 0 Å². The van der Waals surface area contributed by atoms with Crippen LogP contribution in [-0.4, -0.2) is 50.3 Å². The van der Waals surface area contributed by atoms with Crippen molar-refractivity contribution < 1.29 is 19.5 Å². The Balaban J connectivity index is 1.83. The van der Waals surface area contributed by atoms with Crippen LogP contribution in [0, 0.1) is 0 Å². The van der Waals surface area contributed by atoms with Gasteiger partial charge < -0.3 is 19.5 Å². The van der Waals surface area contributed by atoms with Crippen LogP contribution in [0.25, 0.3) is 0 Å². The Labute approximate surface area is 161 Å². The topological polar surface area (TPSA) is 55.5 Å². The van der Waals surface area contributed by atoms with E-state index in [1.807, 2.05) is 25.1 Å². The number of phenolic OH excluding ortho intramolecular Hbond substituents is 1. The highest BCUT2D eigenvalue weighted by atomic mass is 16.5. The summed E-state index contributed by atoms with van der Waals surface area (Å²) < 4.78 is 11.0. The molecule has 0 aromatic heterocycles. The SMILES string of the molecule is CCOc1cccc(C=N[C@@H](C)[C@H](c2ccccc2)[NH+]2CCOCC2)c1O. The normalized spacial score (nSPS) is 17.7. The predicted octanol–water partition coefficient (Wildman–Crippen LogP) is 2.25. The predicted molar refractivity (Wildman–Crippen MR) is 107 cm³/mol. The van der Waals surface area contributed by atoms with E-state index in [0.29, 0.717) is 17.9 Å². The Hall–Kier alpha value is -2.37. The third-order valence-corrected chi connectivity index (χ3v) is 4.99. The average molecular weight is 369 g/mol. The third kappa shape index (κ3) is 4.87. The van der Waals surface area contributed by atoms with E-state index in [9.17, 15) is 5.11 Å². The van der Waals surface area contributed by atoms with Gasteiger partial charge in [-0.15, -0.1) is 0 Å². The standard InChI is InChI=1S/C22H28N2O3/c1-3-27-20-11-7-10-19(22(20)25)16-23-17(2)21(18-8-5-4-6-9-18)24-12-14-26-15-13-24/h4-11,16-17,21,25H,3,12-15H2,1-2H3/p+1/t17-,21+/m0/s1. The lowest BCUT2D eigenvalue weighted by Gasteiger charge is -2.33. The van der Waals surface area contributed by atoms with Crippen LogP contribution >= 0.6 is 0 Å². The molecular formula is C22H29N2O3+. The summed E-state index contributed by atoms with van der Waals surface area (Å²) in [5, 5.41) is 10.4. The van der Waals surface area contributed by atoms with Crippen molar-refractivity contribution >= 4 is 6.21 Å². The molecule has 1 aliphatic heterocycles. The van der Waals surface area contributed by atoms with Crippen molar-refractivity contribution in [3.05, 3.63) is 59.7 Å². The van der Waals surface area contributed by atoms with Crippen molar-refractivity contribution in [2.45, 2.75) is 25.9 Å². The van der Waals surface area contributed by atoms with Crippen LogP contribution in [0.2, 0.25) is 0 Å². The van der Waals surface area contributed by atoms with Gasteiger partial charge in [0.25, 0.3) is 0 Å². The molecule has 2 N–H and O–H groups in total. The number of morpholine rings is 1. The minimum absolute atomic E-state index is 0.0654. The van der Waals surface area contributed by atoms with E-state index in [4.69, 9.17) is 14.5 Å². The molecule has 1 heterocycles. The van der Waals surface area contributed by atoms with Crippen LogP contribution in [0.1, 0.15) is 31.0 Å². The quantitative estimate of drug-likeness (QED) is 0.736. The highest BCUT2D eigenvalue weighted by molar-refractivity contribution is 5.84. The van der Waals surface area contributed by atoms with Crippen LogP contribution in [0.15, 0.2) is 53.5 Å². The zero-order valence-electron chi connectivity index (χ0n) is 16.1. The van der Waals surface area contributed by atoms with E-state index < -0.39 is 0 Å². The molecule has 0 aliphatic carbocycles. The number of aliphatic imine (C=N–C) groups is 1. The van der Waals surface area contributed by atoms with Crippen molar-refractivity contribution in [1.29, 1.82) is 0 Å². The van der Waals surface area contributed by atoms with Crippen molar-refractivity contribution in [3.63, 3.8) is 0 Å². The van der Waals surface area contributed by atoms with Crippen LogP contribution in [0.5, 0.6) is 11.5 Å². The van der Waals surface area contributed by atoms with Gasteiger partial charge in [-0.05, 0) is 26.0 Å². The summed E-state index contributed by atoms with van der Waals surface area (Å²) in [6, 6.07) is 16.4. The fourth-order valence-corrected chi connectivity index (χ4v) is 3.66. The second-order valence-corrected chi connectivity index (χ2v) is 6.80. The fraction of sp³-hybridized carbons (Fsp3) is 0.409. The lowest BCUT2D eigenvalue weighted by Crippen LogP contribution is -3.15. The molecule has 2 aromatic carbocycles. The number of benzene rings is 2. The number of hydrogen-bond donors (Lipinski definition) is 2. The average Bonchev–Trinajstić information content (AvgIpc) is 2.71. The van der Waals surface area contributed by atoms with E-state index in [1.54, 1.807) is 12.3 Å². The first-order valence-electron chi connectivity index (χ1n) is 9.66. The minimum Gasteiger partial charge on any atom is -0.504 e. The molecule has 3 rings (SSSR count). The minimum atomic E-state index is 0.0654. The molecule has 5 nitrogen and oxygen atoms in total. The zero-order chi connectivity index (χ0) is 19.1. The van der Waals surface area contributed by atoms with E-state index >= 15 is 0 Å². The highest BCUT2D eigenvalue weighted by Crippen LogP contribution is 2.29. The maximum absolute atomic E-state index is 10.4. The Morgan fingerprint density at radius 1 is 1.15 bits per heavy atom. The van der Waals surface area contributed by atoms with Crippen LogP contribution in [0.3, 0.4) is 0 Å². The number of phenols is 1. The summed E-state index contributed by atoms with van der Waals surface area (Å²) in [6.45, 7) is 8.08. The van der Waals surface area contributed by atoms with Gasteiger partial charge in [0.05, 0.1) is 19.8 Å². The number of nitrogens with zero attached hydrogens (tertiary/aromatic N) is 1. The van der Waals surface area contributed by atoms with Gasteiger partial charge in [-0.2, -0.15) is 0 Å². The molecule has 2 aromatic rings. The molecule has 0 saturated carbocycles. The molecule has 0 bridgehead atoms. The van der Waals surface area contributed by atoms with Crippen LogP contribution in [-0.2, 0) is 4.74 Å². The summed E-state index contributed by atoms with van der Waals surface area (Å²) in [5.74, 6) is 0.637. The van der Waals surface area contributed by atoms with Crippen molar-refractivity contribution in [2.24, 2.45) is 4.99 Å². The lowest BCUT2D eigenvalue weighted by molar-refractivity contribution is -0.940. The number of quaternary nitrogens is 1. The molecule has 5 heteroatoms. The first-order chi connectivity index (χ1) is 13.2. The summed E-state index contributed by atoms with van der Waals surface area (Å²) in [7, 11) is 0. The molecule has 0 unspecified atom stereocenters. The number of rotatable bonds is 7. The summed E-state index contributed by atoms with van der Waals surface area (Å²) in [4.78, 5) is 6.30. The molecule has 1 fully saturated rings. The first-order valence-corrected chi connectivity index (χ1v) is 9.66. The van der Waals surface area contributed by atoms with Crippen LogP contribution < -0.4 is 9.64 Å². The fourth-order valence-electron chi connectivity index (χ4n) is 3.66. The molecule has 0 radical (unpaired) electrons.